The Morgan fingerprint density at radius 1 is 1.36 bits per heavy atom. The predicted molar refractivity (Wildman–Crippen MR) is 52.9 cm³/mol. The van der Waals surface area contributed by atoms with E-state index in [4.69, 9.17) is 5.11 Å². The van der Waals surface area contributed by atoms with Gasteiger partial charge in [-0.15, -0.1) is 0 Å². The number of carboxylic acids is 1. The van der Waals surface area contributed by atoms with E-state index in [1.165, 1.54) is 38.5 Å². The van der Waals surface area contributed by atoms with Crippen LogP contribution >= 0.6 is 0 Å². The molecular weight excluding hydrogens is 176 g/mol. The predicted octanol–water partition coefficient (Wildman–Crippen LogP) is 2.68. The lowest BCUT2D eigenvalue weighted by atomic mass is 9.70. The summed E-state index contributed by atoms with van der Waals surface area (Å²) in [5, 5.41) is 9.01. The Morgan fingerprint density at radius 3 is 3.00 bits per heavy atom. The highest BCUT2D eigenvalue weighted by Crippen LogP contribution is 2.66. The molecule has 78 valence electrons. The van der Waals surface area contributed by atoms with Crippen LogP contribution in [0, 0.1) is 23.2 Å². The summed E-state index contributed by atoms with van der Waals surface area (Å²) in [7, 11) is 0. The highest BCUT2D eigenvalue weighted by atomic mass is 16.4. The molecule has 0 saturated heterocycles. The van der Waals surface area contributed by atoms with E-state index < -0.39 is 5.97 Å². The molecule has 3 rings (SSSR count). The van der Waals surface area contributed by atoms with Crippen molar-refractivity contribution in [2.45, 2.75) is 44.9 Å². The van der Waals surface area contributed by atoms with Crippen molar-refractivity contribution in [3.63, 3.8) is 0 Å². The maximum atomic E-state index is 10.9. The molecule has 1 N–H and O–H groups in total. The largest absolute Gasteiger partial charge is 0.481 e. The summed E-state index contributed by atoms with van der Waals surface area (Å²) in [5.41, 5.74) is 0.234. The minimum atomic E-state index is -0.571. The fourth-order valence-corrected chi connectivity index (χ4v) is 4.81. The van der Waals surface area contributed by atoms with E-state index >= 15 is 0 Å². The van der Waals surface area contributed by atoms with Gasteiger partial charge in [-0.25, -0.2) is 0 Å². The van der Waals surface area contributed by atoms with Crippen LogP contribution in [0.15, 0.2) is 0 Å². The van der Waals surface area contributed by atoms with Crippen LogP contribution in [0.3, 0.4) is 0 Å². The number of carboxylic acid groups (broad SMARTS) is 1. The monoisotopic (exact) mass is 194 g/mol. The summed E-state index contributed by atoms with van der Waals surface area (Å²) in [6.07, 6.45) is 8.25. The summed E-state index contributed by atoms with van der Waals surface area (Å²) >= 11 is 0. The molecule has 4 atom stereocenters. The number of rotatable bonds is 2. The summed E-state index contributed by atoms with van der Waals surface area (Å²) in [6.45, 7) is 0. The molecule has 0 aromatic carbocycles. The van der Waals surface area contributed by atoms with Gasteiger partial charge in [-0.2, -0.15) is 0 Å². The average molecular weight is 194 g/mol. The number of aliphatic carboxylic acids is 1. The second kappa shape index (κ2) is 2.74. The number of hydrogen-bond donors (Lipinski definition) is 1. The molecule has 0 heterocycles. The van der Waals surface area contributed by atoms with Gasteiger partial charge in [0.25, 0.3) is 0 Å². The van der Waals surface area contributed by atoms with Crippen LogP contribution in [0.2, 0.25) is 0 Å². The van der Waals surface area contributed by atoms with Crippen LogP contribution in [-0.2, 0) is 4.79 Å². The molecule has 2 bridgehead atoms. The third-order valence-electron chi connectivity index (χ3n) is 5.15. The molecule has 0 radical (unpaired) electrons. The van der Waals surface area contributed by atoms with E-state index in [1.54, 1.807) is 0 Å². The molecule has 0 aromatic heterocycles. The molecule has 0 spiro atoms. The highest BCUT2D eigenvalue weighted by molar-refractivity contribution is 5.68. The van der Waals surface area contributed by atoms with Crippen LogP contribution in [-0.4, -0.2) is 11.1 Å². The van der Waals surface area contributed by atoms with Gasteiger partial charge in [0.1, 0.15) is 0 Å². The lowest BCUT2D eigenvalue weighted by Gasteiger charge is -2.34. The van der Waals surface area contributed by atoms with E-state index in [0.29, 0.717) is 6.42 Å². The third-order valence-corrected chi connectivity index (χ3v) is 5.15. The molecule has 3 aliphatic rings. The molecule has 14 heavy (non-hydrogen) atoms. The SMILES string of the molecule is O=C(O)CC12CCC(C1)C1CCCC12. The first kappa shape index (κ1) is 8.75. The van der Waals surface area contributed by atoms with Gasteiger partial charge in [-0.3, -0.25) is 4.79 Å². The fraction of sp³-hybridized carbons (Fsp3) is 0.917. The average Bonchev–Trinajstić information content (AvgIpc) is 2.68. The molecule has 2 heteroatoms. The minimum Gasteiger partial charge on any atom is -0.481 e. The molecule has 4 unspecified atom stereocenters. The van der Waals surface area contributed by atoms with Crippen molar-refractivity contribution in [1.82, 2.24) is 0 Å². The Hall–Kier alpha value is -0.530. The van der Waals surface area contributed by atoms with Crippen molar-refractivity contribution in [2.24, 2.45) is 23.2 Å². The molecular formula is C12H18O2. The summed E-state index contributed by atoms with van der Waals surface area (Å²) in [6, 6.07) is 0. The number of carbonyl (C=O) groups is 1. The van der Waals surface area contributed by atoms with Crippen molar-refractivity contribution in [1.29, 1.82) is 0 Å². The molecule has 3 saturated carbocycles. The maximum Gasteiger partial charge on any atom is 0.303 e. The summed E-state index contributed by atoms with van der Waals surface area (Å²) < 4.78 is 0. The van der Waals surface area contributed by atoms with Gasteiger partial charge < -0.3 is 5.11 Å². The molecule has 3 fully saturated rings. The first-order valence-electron chi connectivity index (χ1n) is 5.93. The number of hydrogen-bond acceptors (Lipinski definition) is 1. The maximum absolute atomic E-state index is 10.9. The Labute approximate surface area is 84.7 Å². The van der Waals surface area contributed by atoms with E-state index in [0.717, 1.165) is 17.8 Å². The van der Waals surface area contributed by atoms with Gasteiger partial charge in [0.05, 0.1) is 6.42 Å². The van der Waals surface area contributed by atoms with Gasteiger partial charge in [-0.05, 0) is 55.3 Å². The minimum absolute atomic E-state index is 0.234. The molecule has 2 nitrogen and oxygen atoms in total. The van der Waals surface area contributed by atoms with Crippen LogP contribution in [0.5, 0.6) is 0 Å². The Balaban J connectivity index is 1.88. The van der Waals surface area contributed by atoms with Gasteiger partial charge in [0, 0.05) is 0 Å². The van der Waals surface area contributed by atoms with Crippen LogP contribution < -0.4 is 0 Å². The van der Waals surface area contributed by atoms with Crippen molar-refractivity contribution >= 4 is 5.97 Å². The van der Waals surface area contributed by atoms with Crippen molar-refractivity contribution in [2.75, 3.05) is 0 Å². The van der Waals surface area contributed by atoms with Crippen molar-refractivity contribution in [3.05, 3.63) is 0 Å². The van der Waals surface area contributed by atoms with Crippen LogP contribution in [0.4, 0.5) is 0 Å². The second-order valence-electron chi connectivity index (χ2n) is 5.64. The lowest BCUT2D eigenvalue weighted by Crippen LogP contribution is -2.30. The zero-order valence-electron chi connectivity index (χ0n) is 8.54. The van der Waals surface area contributed by atoms with Crippen LogP contribution in [0.1, 0.15) is 44.9 Å². The molecule has 0 amide bonds. The van der Waals surface area contributed by atoms with Gasteiger partial charge in [-0.1, -0.05) is 6.42 Å². The quantitative estimate of drug-likeness (QED) is 0.733. The second-order valence-corrected chi connectivity index (χ2v) is 5.64. The smallest absolute Gasteiger partial charge is 0.303 e. The Bertz CT molecular complexity index is 273. The topological polar surface area (TPSA) is 37.3 Å². The zero-order chi connectivity index (χ0) is 9.76. The van der Waals surface area contributed by atoms with E-state index in [-0.39, 0.29) is 5.41 Å². The van der Waals surface area contributed by atoms with Gasteiger partial charge >= 0.3 is 5.97 Å². The fourth-order valence-electron chi connectivity index (χ4n) is 4.81. The zero-order valence-corrected chi connectivity index (χ0v) is 8.54. The summed E-state index contributed by atoms with van der Waals surface area (Å²) in [4.78, 5) is 10.9. The Morgan fingerprint density at radius 2 is 2.21 bits per heavy atom. The summed E-state index contributed by atoms with van der Waals surface area (Å²) in [5.74, 6) is 2.00. The van der Waals surface area contributed by atoms with Gasteiger partial charge in [0.15, 0.2) is 0 Å². The lowest BCUT2D eigenvalue weighted by molar-refractivity contribution is -0.140. The Kier molecular flexibility index (Phi) is 1.71. The number of fused-ring (bicyclic) bond motifs is 5. The standard InChI is InChI=1S/C12H18O2/c13-11(14)7-12-5-4-8(6-12)9-2-1-3-10(9)12/h8-10H,1-7H2,(H,13,14). The van der Waals surface area contributed by atoms with E-state index in [2.05, 4.69) is 0 Å². The first-order chi connectivity index (χ1) is 6.71. The highest BCUT2D eigenvalue weighted by Gasteiger charge is 2.58. The van der Waals surface area contributed by atoms with Crippen molar-refractivity contribution < 1.29 is 9.90 Å². The van der Waals surface area contributed by atoms with E-state index in [9.17, 15) is 4.79 Å². The molecule has 3 aliphatic carbocycles. The van der Waals surface area contributed by atoms with Crippen LogP contribution in [0.25, 0.3) is 0 Å². The van der Waals surface area contributed by atoms with Gasteiger partial charge in [0.2, 0.25) is 0 Å². The first-order valence-corrected chi connectivity index (χ1v) is 5.93. The molecule has 0 aromatic rings. The van der Waals surface area contributed by atoms with Crippen molar-refractivity contribution in [3.8, 4) is 0 Å². The third kappa shape index (κ3) is 0.999. The normalized spacial score (nSPS) is 49.6. The van der Waals surface area contributed by atoms with E-state index in [1.807, 2.05) is 0 Å². The molecule has 0 aliphatic heterocycles.